The third-order valence-electron chi connectivity index (χ3n) is 3.32. The maximum absolute atomic E-state index is 12.7. The minimum absolute atomic E-state index is 0.115. The smallest absolute Gasteiger partial charge is 0.416 e. The number of hydrogen-bond acceptors (Lipinski definition) is 2. The highest BCUT2D eigenvalue weighted by Gasteiger charge is 2.30. The van der Waals surface area contributed by atoms with Gasteiger partial charge in [-0.1, -0.05) is 24.3 Å². The first-order valence-electron chi connectivity index (χ1n) is 6.89. The van der Waals surface area contributed by atoms with Crippen molar-refractivity contribution < 1.29 is 17.9 Å². The number of nitrogens with zero attached hydrogens (tertiary/aromatic N) is 2. The van der Waals surface area contributed by atoms with Crippen molar-refractivity contribution >= 4 is 0 Å². The minimum Gasteiger partial charge on any atom is -0.454 e. The summed E-state index contributed by atoms with van der Waals surface area (Å²) in [5, 5.41) is 4.18. The number of rotatable bonds is 3. The standard InChI is InChI=1S/C17H13F3N2O/c1-12-5-2-3-8-16(12)22-11-15(10-21-22)23-14-7-4-6-13(9-14)17(18,19)20/h2-11H,1H3. The maximum atomic E-state index is 12.7. The van der Waals surface area contributed by atoms with Crippen LogP contribution in [-0.2, 0) is 6.18 Å². The highest BCUT2D eigenvalue weighted by atomic mass is 19.4. The molecule has 1 heterocycles. The van der Waals surface area contributed by atoms with Gasteiger partial charge in [0.05, 0.1) is 23.6 Å². The number of ether oxygens (including phenoxy) is 1. The SMILES string of the molecule is Cc1ccccc1-n1cc(Oc2cccc(C(F)(F)F)c2)cn1. The predicted molar refractivity (Wildman–Crippen MR) is 79.8 cm³/mol. The van der Waals surface area contributed by atoms with Crippen LogP contribution in [0.1, 0.15) is 11.1 Å². The molecular weight excluding hydrogens is 305 g/mol. The van der Waals surface area contributed by atoms with Crippen LogP contribution in [0, 0.1) is 6.92 Å². The molecule has 0 unspecified atom stereocenters. The van der Waals surface area contributed by atoms with Gasteiger partial charge in [-0.2, -0.15) is 18.3 Å². The Labute approximate surface area is 130 Å². The Morgan fingerprint density at radius 2 is 1.78 bits per heavy atom. The van der Waals surface area contributed by atoms with E-state index in [0.717, 1.165) is 23.4 Å². The van der Waals surface area contributed by atoms with Gasteiger partial charge in [0.2, 0.25) is 0 Å². The quantitative estimate of drug-likeness (QED) is 0.680. The molecule has 0 N–H and O–H groups in total. The number of aromatic nitrogens is 2. The minimum atomic E-state index is -4.40. The molecule has 0 bridgehead atoms. The second kappa shape index (κ2) is 5.79. The fourth-order valence-corrected chi connectivity index (χ4v) is 2.18. The van der Waals surface area contributed by atoms with Crippen molar-refractivity contribution in [2.45, 2.75) is 13.1 Å². The molecule has 0 fully saturated rings. The predicted octanol–water partition coefficient (Wildman–Crippen LogP) is 4.99. The molecule has 0 radical (unpaired) electrons. The van der Waals surface area contributed by atoms with Crippen LogP contribution in [0.3, 0.4) is 0 Å². The Morgan fingerprint density at radius 1 is 1.00 bits per heavy atom. The van der Waals surface area contributed by atoms with Gasteiger partial charge in [-0.05, 0) is 36.8 Å². The Morgan fingerprint density at radius 3 is 2.52 bits per heavy atom. The number of hydrogen-bond donors (Lipinski definition) is 0. The van der Waals surface area contributed by atoms with Crippen molar-refractivity contribution in [3.63, 3.8) is 0 Å². The molecule has 0 saturated heterocycles. The molecule has 1 aromatic heterocycles. The zero-order chi connectivity index (χ0) is 16.4. The van der Waals surface area contributed by atoms with Gasteiger partial charge in [0.1, 0.15) is 5.75 Å². The largest absolute Gasteiger partial charge is 0.454 e. The average Bonchev–Trinajstić information content (AvgIpc) is 2.95. The zero-order valence-electron chi connectivity index (χ0n) is 12.2. The molecule has 0 aliphatic carbocycles. The summed E-state index contributed by atoms with van der Waals surface area (Å²) in [6.07, 6.45) is -1.31. The van der Waals surface area contributed by atoms with Gasteiger partial charge in [-0.15, -0.1) is 0 Å². The van der Waals surface area contributed by atoms with E-state index in [1.165, 1.54) is 18.3 Å². The summed E-state index contributed by atoms with van der Waals surface area (Å²) in [6, 6.07) is 12.4. The van der Waals surface area contributed by atoms with Crippen LogP contribution in [0.4, 0.5) is 13.2 Å². The molecule has 2 aromatic carbocycles. The lowest BCUT2D eigenvalue weighted by Crippen LogP contribution is -2.04. The van der Waals surface area contributed by atoms with Crippen molar-refractivity contribution in [3.05, 3.63) is 72.1 Å². The Kier molecular flexibility index (Phi) is 3.82. The van der Waals surface area contributed by atoms with E-state index in [0.29, 0.717) is 5.75 Å². The number of benzene rings is 2. The molecule has 23 heavy (non-hydrogen) atoms. The van der Waals surface area contributed by atoms with Crippen molar-refractivity contribution in [1.82, 2.24) is 9.78 Å². The summed E-state index contributed by atoms with van der Waals surface area (Å²) >= 11 is 0. The molecule has 0 atom stereocenters. The topological polar surface area (TPSA) is 27.1 Å². The van der Waals surface area contributed by atoms with E-state index < -0.39 is 11.7 Å². The van der Waals surface area contributed by atoms with Gasteiger partial charge in [-0.3, -0.25) is 0 Å². The highest BCUT2D eigenvalue weighted by Crippen LogP contribution is 2.32. The van der Waals surface area contributed by atoms with E-state index in [9.17, 15) is 13.2 Å². The van der Waals surface area contributed by atoms with E-state index in [2.05, 4.69) is 5.10 Å². The molecule has 0 spiro atoms. The summed E-state index contributed by atoms with van der Waals surface area (Å²) in [6.45, 7) is 1.95. The first kappa shape index (κ1) is 15.1. The number of aryl methyl sites for hydroxylation is 1. The highest BCUT2D eigenvalue weighted by molar-refractivity contribution is 5.41. The molecular formula is C17H13F3N2O. The van der Waals surface area contributed by atoms with E-state index in [4.69, 9.17) is 4.74 Å². The van der Waals surface area contributed by atoms with Crippen LogP contribution in [0.5, 0.6) is 11.5 Å². The third kappa shape index (κ3) is 3.36. The van der Waals surface area contributed by atoms with Crippen molar-refractivity contribution in [3.8, 4) is 17.2 Å². The maximum Gasteiger partial charge on any atom is 0.416 e. The molecule has 3 nitrogen and oxygen atoms in total. The summed E-state index contributed by atoms with van der Waals surface area (Å²) in [4.78, 5) is 0. The summed E-state index contributed by atoms with van der Waals surface area (Å²) in [5.74, 6) is 0.483. The molecule has 3 rings (SSSR count). The summed E-state index contributed by atoms with van der Waals surface area (Å²) in [7, 11) is 0. The van der Waals surface area contributed by atoms with E-state index >= 15 is 0 Å². The van der Waals surface area contributed by atoms with Crippen molar-refractivity contribution in [1.29, 1.82) is 0 Å². The molecule has 0 aliphatic rings. The molecule has 3 aromatic rings. The Bertz CT molecular complexity index is 824. The van der Waals surface area contributed by atoms with E-state index in [-0.39, 0.29) is 5.75 Å². The van der Waals surface area contributed by atoms with Crippen molar-refractivity contribution in [2.75, 3.05) is 0 Å². The average molecular weight is 318 g/mol. The van der Waals surface area contributed by atoms with Gasteiger partial charge in [0.25, 0.3) is 0 Å². The molecule has 0 saturated carbocycles. The lowest BCUT2D eigenvalue weighted by atomic mass is 10.2. The Hall–Kier alpha value is -2.76. The fraction of sp³-hybridized carbons (Fsp3) is 0.118. The first-order chi connectivity index (χ1) is 10.9. The Balaban J connectivity index is 1.84. The molecule has 0 amide bonds. The van der Waals surface area contributed by atoms with Gasteiger partial charge < -0.3 is 4.74 Å². The summed E-state index contributed by atoms with van der Waals surface area (Å²) in [5.41, 5.74) is 1.16. The molecule has 118 valence electrons. The third-order valence-corrected chi connectivity index (χ3v) is 3.32. The number of para-hydroxylation sites is 1. The monoisotopic (exact) mass is 318 g/mol. The lowest BCUT2D eigenvalue weighted by molar-refractivity contribution is -0.137. The van der Waals surface area contributed by atoms with Crippen LogP contribution < -0.4 is 4.74 Å². The summed E-state index contributed by atoms with van der Waals surface area (Å²) < 4.78 is 45.2. The zero-order valence-corrected chi connectivity index (χ0v) is 12.2. The first-order valence-corrected chi connectivity index (χ1v) is 6.89. The second-order valence-electron chi connectivity index (χ2n) is 5.03. The van der Waals surface area contributed by atoms with Crippen LogP contribution in [0.2, 0.25) is 0 Å². The van der Waals surface area contributed by atoms with E-state index in [1.54, 1.807) is 10.9 Å². The van der Waals surface area contributed by atoms with Crippen LogP contribution in [0.15, 0.2) is 60.9 Å². The lowest BCUT2D eigenvalue weighted by Gasteiger charge is -2.08. The van der Waals surface area contributed by atoms with Gasteiger partial charge in [0, 0.05) is 0 Å². The van der Waals surface area contributed by atoms with Crippen LogP contribution in [0.25, 0.3) is 5.69 Å². The van der Waals surface area contributed by atoms with Crippen LogP contribution in [-0.4, -0.2) is 9.78 Å². The van der Waals surface area contributed by atoms with Gasteiger partial charge in [-0.25, -0.2) is 4.68 Å². The molecule has 0 aliphatic heterocycles. The molecule has 6 heteroatoms. The van der Waals surface area contributed by atoms with E-state index in [1.807, 2.05) is 31.2 Å². The second-order valence-corrected chi connectivity index (χ2v) is 5.03. The van der Waals surface area contributed by atoms with Crippen LogP contribution >= 0.6 is 0 Å². The van der Waals surface area contributed by atoms with Crippen molar-refractivity contribution in [2.24, 2.45) is 0 Å². The fourth-order valence-electron chi connectivity index (χ4n) is 2.18. The number of alkyl halides is 3. The van der Waals surface area contributed by atoms with Gasteiger partial charge in [0.15, 0.2) is 5.75 Å². The van der Waals surface area contributed by atoms with Gasteiger partial charge >= 0.3 is 6.18 Å². The normalized spacial score (nSPS) is 11.5. The number of halogens is 3.